The molecule has 0 bridgehead atoms. The van der Waals surface area contributed by atoms with Crippen LogP contribution in [0.3, 0.4) is 0 Å². The number of carboxylic acids is 2. The maximum absolute atomic E-state index is 11.0. The highest BCUT2D eigenvalue weighted by Gasteiger charge is 2.21. The highest BCUT2D eigenvalue weighted by molar-refractivity contribution is 5.78. The molecule has 0 aliphatic heterocycles. The van der Waals surface area contributed by atoms with Crippen LogP contribution in [0.4, 0.5) is 0 Å². The number of hydrazine groups is 1. The Balaban J connectivity index is -0.000000156. The lowest BCUT2D eigenvalue weighted by molar-refractivity contribution is -0.143. The Labute approximate surface area is 134 Å². The van der Waals surface area contributed by atoms with Crippen LogP contribution in [0.15, 0.2) is 0 Å². The molecule has 0 aliphatic carbocycles. The lowest BCUT2D eigenvalue weighted by Gasteiger charge is -2.14. The molecule has 5 N–H and O–H groups in total. The Morgan fingerprint density at radius 2 is 1.41 bits per heavy atom. The van der Waals surface area contributed by atoms with Crippen LogP contribution in [0, 0.1) is 17.8 Å². The number of rotatable bonds is 7. The van der Waals surface area contributed by atoms with E-state index in [0.717, 1.165) is 6.42 Å². The van der Waals surface area contributed by atoms with E-state index in [1.807, 2.05) is 12.3 Å². The van der Waals surface area contributed by atoms with Gasteiger partial charge in [0.05, 0.1) is 11.8 Å². The molecule has 1 amide bonds. The van der Waals surface area contributed by atoms with E-state index in [2.05, 4.69) is 0 Å². The number of carbonyl (C=O) groups excluding carboxylic acids is 1. The van der Waals surface area contributed by atoms with Gasteiger partial charge in [-0.2, -0.15) is 0 Å². The summed E-state index contributed by atoms with van der Waals surface area (Å²) in [5.74, 6) is 2.03. The molecule has 0 radical (unpaired) electrons. The Kier molecular flexibility index (Phi) is 20.4. The molecule has 0 fully saturated rings. The maximum atomic E-state index is 11.0. The predicted molar refractivity (Wildman–Crippen MR) is 88.1 cm³/mol. The lowest BCUT2D eigenvalue weighted by Crippen LogP contribution is -2.36. The van der Waals surface area contributed by atoms with Gasteiger partial charge < -0.3 is 10.2 Å². The van der Waals surface area contributed by atoms with Crippen molar-refractivity contribution in [3.05, 3.63) is 0 Å². The fourth-order valence-corrected chi connectivity index (χ4v) is 1.29. The van der Waals surface area contributed by atoms with Gasteiger partial charge in [0.1, 0.15) is 0 Å². The first-order chi connectivity index (χ1) is 9.20. The third kappa shape index (κ3) is 13.4. The molecule has 0 aliphatic rings. The van der Waals surface area contributed by atoms with Crippen LogP contribution in [0.1, 0.15) is 61.8 Å². The molecule has 0 aromatic heterocycles. The molecule has 22 heavy (non-hydrogen) atoms. The van der Waals surface area contributed by atoms with Crippen LogP contribution in [-0.4, -0.2) is 28.1 Å². The minimum Gasteiger partial charge on any atom is -0.481 e. The topological polar surface area (TPSA) is 130 Å². The summed E-state index contributed by atoms with van der Waals surface area (Å²) in [7, 11) is 0. The molecule has 0 aromatic carbocycles. The molecule has 0 spiro atoms. The van der Waals surface area contributed by atoms with Crippen molar-refractivity contribution < 1.29 is 24.6 Å². The summed E-state index contributed by atoms with van der Waals surface area (Å²) in [4.78, 5) is 31.5. The van der Waals surface area contributed by atoms with Gasteiger partial charge in [-0.15, -0.1) is 0 Å². The van der Waals surface area contributed by atoms with Crippen molar-refractivity contribution in [3.8, 4) is 0 Å². The molecule has 3 atom stereocenters. The van der Waals surface area contributed by atoms with Crippen molar-refractivity contribution in [3.63, 3.8) is 0 Å². The van der Waals surface area contributed by atoms with Crippen LogP contribution in [0.5, 0.6) is 0 Å². The summed E-state index contributed by atoms with van der Waals surface area (Å²) >= 11 is 0. The average molecular weight is 322 g/mol. The van der Waals surface area contributed by atoms with Crippen molar-refractivity contribution in [1.29, 1.82) is 0 Å². The fourth-order valence-electron chi connectivity index (χ4n) is 1.29. The van der Waals surface area contributed by atoms with E-state index in [0.29, 0.717) is 12.8 Å². The zero-order valence-corrected chi connectivity index (χ0v) is 12.5. The first kappa shape index (κ1) is 28.5. The smallest absolute Gasteiger partial charge is 0.306 e. The molecule has 0 saturated heterocycles. The highest BCUT2D eigenvalue weighted by atomic mass is 16.4. The van der Waals surface area contributed by atoms with Crippen molar-refractivity contribution in [2.45, 2.75) is 61.8 Å². The van der Waals surface area contributed by atoms with E-state index in [1.165, 1.54) is 0 Å². The zero-order chi connectivity index (χ0) is 16.3. The van der Waals surface area contributed by atoms with Crippen LogP contribution in [-0.2, 0) is 14.4 Å². The second-order valence-corrected chi connectivity index (χ2v) is 4.74. The van der Waals surface area contributed by atoms with Crippen LogP contribution >= 0.6 is 0 Å². The van der Waals surface area contributed by atoms with Gasteiger partial charge in [-0.05, 0) is 19.3 Å². The third-order valence-corrected chi connectivity index (χ3v) is 3.10. The minimum atomic E-state index is -0.862. The number of hydrogen-bond donors (Lipinski definition) is 4. The predicted octanol–water partition coefficient (Wildman–Crippen LogP) is 2.50. The molecule has 7 heteroatoms. The summed E-state index contributed by atoms with van der Waals surface area (Å²) < 4.78 is 0. The van der Waals surface area contributed by atoms with Crippen LogP contribution < -0.4 is 11.3 Å². The summed E-state index contributed by atoms with van der Waals surface area (Å²) in [6, 6.07) is 0. The van der Waals surface area contributed by atoms with E-state index in [4.69, 9.17) is 16.1 Å². The van der Waals surface area contributed by atoms with Crippen molar-refractivity contribution >= 4 is 17.8 Å². The van der Waals surface area contributed by atoms with Crippen molar-refractivity contribution in [2.24, 2.45) is 23.6 Å². The average Bonchev–Trinajstić information content (AvgIpc) is 2.42. The van der Waals surface area contributed by atoms with Crippen molar-refractivity contribution in [1.82, 2.24) is 5.43 Å². The first-order valence-electron chi connectivity index (χ1n) is 6.67. The van der Waals surface area contributed by atoms with Gasteiger partial charge in [0.15, 0.2) is 0 Å². The first-order valence-corrected chi connectivity index (χ1v) is 6.67. The van der Waals surface area contributed by atoms with E-state index in [1.54, 1.807) is 20.8 Å². The summed E-state index contributed by atoms with van der Waals surface area (Å²) in [6.45, 7) is 7.00. The number of nitrogens with one attached hydrogen (secondary N) is 1. The normalized spacial score (nSPS) is 13.0. The monoisotopic (exact) mass is 322 g/mol. The van der Waals surface area contributed by atoms with Gasteiger partial charge >= 0.3 is 11.9 Å². The molecule has 0 saturated carbocycles. The van der Waals surface area contributed by atoms with Gasteiger partial charge in [-0.3, -0.25) is 19.8 Å². The number of hydrogen-bond acceptors (Lipinski definition) is 4. The number of nitrogens with two attached hydrogens (primary N) is 1. The summed E-state index contributed by atoms with van der Waals surface area (Å²) in [5, 5.41) is 16.9. The van der Waals surface area contributed by atoms with Gasteiger partial charge in [-0.25, -0.2) is 5.84 Å². The SMILES string of the molecule is C.C.CCC(C)C(=O)O.CCC(CC(C)C(=O)NN)C(=O)O. The van der Waals surface area contributed by atoms with Gasteiger partial charge in [0.25, 0.3) is 0 Å². The van der Waals surface area contributed by atoms with Gasteiger partial charge in [-0.1, -0.05) is 42.5 Å². The van der Waals surface area contributed by atoms with Crippen LogP contribution in [0.2, 0.25) is 0 Å². The number of carbonyl (C=O) groups is 3. The summed E-state index contributed by atoms with van der Waals surface area (Å²) in [5.41, 5.74) is 2.00. The quantitative estimate of drug-likeness (QED) is 0.324. The highest BCUT2D eigenvalue weighted by Crippen LogP contribution is 2.15. The van der Waals surface area contributed by atoms with E-state index in [-0.39, 0.29) is 32.6 Å². The molecular formula is C15H34N2O5. The number of amides is 1. The van der Waals surface area contributed by atoms with Crippen molar-refractivity contribution in [2.75, 3.05) is 0 Å². The second-order valence-electron chi connectivity index (χ2n) is 4.74. The molecule has 7 nitrogen and oxygen atoms in total. The van der Waals surface area contributed by atoms with E-state index >= 15 is 0 Å². The molecule has 0 heterocycles. The molecule has 0 aromatic rings. The Bertz CT molecular complexity index is 321. The Morgan fingerprint density at radius 1 is 0.955 bits per heavy atom. The lowest BCUT2D eigenvalue weighted by atomic mass is 9.93. The minimum absolute atomic E-state index is 0. The van der Waals surface area contributed by atoms with Gasteiger partial charge in [0.2, 0.25) is 5.91 Å². The largest absolute Gasteiger partial charge is 0.481 e. The summed E-state index contributed by atoms with van der Waals surface area (Å²) in [6.07, 6.45) is 1.57. The maximum Gasteiger partial charge on any atom is 0.306 e. The fraction of sp³-hybridized carbons (Fsp3) is 0.800. The Morgan fingerprint density at radius 3 is 1.59 bits per heavy atom. The molecule has 0 rings (SSSR count). The van der Waals surface area contributed by atoms with Crippen LogP contribution in [0.25, 0.3) is 0 Å². The standard InChI is InChI=1S/C8H16N2O3.C5H10O2.2CH4/c1-3-6(8(12)13)4-5(2)7(11)10-9;1-3-4(2)5(6)7;;/h5-6H,3-4,9H2,1-2H3,(H,10,11)(H,12,13);4H,3H2,1-2H3,(H,6,7);2*1H4. The number of aliphatic carboxylic acids is 2. The van der Waals surface area contributed by atoms with Gasteiger partial charge in [0, 0.05) is 5.92 Å². The molecular weight excluding hydrogens is 288 g/mol. The molecule has 3 unspecified atom stereocenters. The third-order valence-electron chi connectivity index (χ3n) is 3.10. The van der Waals surface area contributed by atoms with E-state index < -0.39 is 17.9 Å². The number of carboxylic acid groups (broad SMARTS) is 2. The zero-order valence-electron chi connectivity index (χ0n) is 12.5. The molecule has 134 valence electrons. The Hall–Kier alpha value is -1.63. The second kappa shape index (κ2) is 15.8. The van der Waals surface area contributed by atoms with E-state index in [9.17, 15) is 14.4 Å².